The first kappa shape index (κ1) is 10.5. The molecule has 0 saturated carbocycles. The largest absolute Gasteiger partial charge is 0.122 e. The Labute approximate surface area is 99.5 Å². The SMILES string of the molecule is ClCc1ccc(-c2c[c]c(Cl)cc2)cc1. The lowest BCUT2D eigenvalue weighted by atomic mass is 10.0. The van der Waals surface area contributed by atoms with Crippen molar-refractivity contribution in [1.29, 1.82) is 0 Å². The molecule has 0 heterocycles. The Morgan fingerprint density at radius 1 is 0.933 bits per heavy atom. The standard InChI is InChI=1S/C13H9Cl2/c14-9-10-1-3-11(4-2-10)12-5-7-13(15)8-6-12/h1-7H,9H2. The minimum Gasteiger partial charge on any atom is -0.122 e. The number of hydrogen-bond acceptors (Lipinski definition) is 0. The van der Waals surface area contributed by atoms with E-state index in [1.807, 2.05) is 30.3 Å². The molecule has 1 radical (unpaired) electrons. The number of hydrogen-bond donors (Lipinski definition) is 0. The molecule has 0 atom stereocenters. The third-order valence-electron chi connectivity index (χ3n) is 2.22. The smallest absolute Gasteiger partial charge is 0.0485 e. The molecule has 0 fully saturated rings. The van der Waals surface area contributed by atoms with E-state index in [2.05, 4.69) is 18.2 Å². The van der Waals surface area contributed by atoms with Gasteiger partial charge in [0.25, 0.3) is 0 Å². The fourth-order valence-electron chi connectivity index (χ4n) is 1.37. The predicted molar refractivity (Wildman–Crippen MR) is 65.3 cm³/mol. The first-order valence-electron chi connectivity index (χ1n) is 4.62. The van der Waals surface area contributed by atoms with Crippen molar-refractivity contribution in [3.8, 4) is 11.1 Å². The first-order chi connectivity index (χ1) is 7.29. The summed E-state index contributed by atoms with van der Waals surface area (Å²) in [7, 11) is 0. The fraction of sp³-hybridized carbons (Fsp3) is 0.0769. The molecule has 0 aromatic heterocycles. The van der Waals surface area contributed by atoms with Crippen LogP contribution in [-0.2, 0) is 5.88 Å². The van der Waals surface area contributed by atoms with E-state index in [0.29, 0.717) is 10.9 Å². The molecule has 15 heavy (non-hydrogen) atoms. The molecule has 0 spiro atoms. The maximum atomic E-state index is 5.77. The van der Waals surface area contributed by atoms with E-state index in [4.69, 9.17) is 23.2 Å². The minimum atomic E-state index is 0.549. The van der Waals surface area contributed by atoms with Crippen LogP contribution in [0.15, 0.2) is 42.5 Å². The third-order valence-corrected chi connectivity index (χ3v) is 2.76. The summed E-state index contributed by atoms with van der Waals surface area (Å²) in [5.41, 5.74) is 3.38. The van der Waals surface area contributed by atoms with Crippen molar-refractivity contribution in [1.82, 2.24) is 0 Å². The zero-order valence-corrected chi connectivity index (χ0v) is 9.52. The van der Waals surface area contributed by atoms with Gasteiger partial charge in [0.15, 0.2) is 0 Å². The zero-order valence-electron chi connectivity index (χ0n) is 8.00. The normalized spacial score (nSPS) is 10.3. The highest BCUT2D eigenvalue weighted by atomic mass is 35.5. The van der Waals surface area contributed by atoms with Crippen LogP contribution < -0.4 is 0 Å². The summed E-state index contributed by atoms with van der Waals surface area (Å²) >= 11 is 11.5. The molecular formula is C13H9Cl2. The molecule has 0 aliphatic rings. The highest BCUT2D eigenvalue weighted by Gasteiger charge is 1.97. The first-order valence-corrected chi connectivity index (χ1v) is 5.53. The van der Waals surface area contributed by atoms with Gasteiger partial charge in [0.1, 0.15) is 0 Å². The van der Waals surface area contributed by atoms with Crippen LogP contribution in [0.25, 0.3) is 11.1 Å². The quantitative estimate of drug-likeness (QED) is 0.671. The van der Waals surface area contributed by atoms with Crippen molar-refractivity contribution in [2.75, 3.05) is 0 Å². The van der Waals surface area contributed by atoms with Gasteiger partial charge in [0.05, 0.1) is 0 Å². The molecule has 0 N–H and O–H groups in total. The monoisotopic (exact) mass is 235 g/mol. The van der Waals surface area contributed by atoms with Crippen LogP contribution in [0.4, 0.5) is 0 Å². The van der Waals surface area contributed by atoms with Crippen molar-refractivity contribution < 1.29 is 0 Å². The molecule has 0 aliphatic carbocycles. The van der Waals surface area contributed by atoms with E-state index in [1.165, 1.54) is 0 Å². The molecule has 0 unspecified atom stereocenters. The summed E-state index contributed by atoms with van der Waals surface area (Å²) < 4.78 is 0. The van der Waals surface area contributed by atoms with E-state index >= 15 is 0 Å². The molecule has 2 rings (SSSR count). The Morgan fingerprint density at radius 2 is 1.60 bits per heavy atom. The van der Waals surface area contributed by atoms with E-state index in [-0.39, 0.29) is 0 Å². The van der Waals surface area contributed by atoms with Crippen molar-refractivity contribution in [2.24, 2.45) is 0 Å². The summed E-state index contributed by atoms with van der Waals surface area (Å²) in [4.78, 5) is 0. The number of benzene rings is 2. The third kappa shape index (κ3) is 2.53. The highest BCUT2D eigenvalue weighted by molar-refractivity contribution is 6.30. The maximum Gasteiger partial charge on any atom is 0.0485 e. The second kappa shape index (κ2) is 4.69. The maximum absolute atomic E-state index is 5.77. The van der Waals surface area contributed by atoms with Gasteiger partial charge in [-0.15, -0.1) is 11.6 Å². The molecule has 0 nitrogen and oxygen atoms in total. The molecule has 0 aliphatic heterocycles. The van der Waals surface area contributed by atoms with Crippen LogP contribution in [0.1, 0.15) is 5.56 Å². The lowest BCUT2D eigenvalue weighted by Gasteiger charge is -2.02. The van der Waals surface area contributed by atoms with Gasteiger partial charge in [-0.05, 0) is 28.8 Å². The van der Waals surface area contributed by atoms with Crippen LogP contribution in [0.3, 0.4) is 0 Å². The van der Waals surface area contributed by atoms with Gasteiger partial charge in [0.2, 0.25) is 0 Å². The average Bonchev–Trinajstić information content (AvgIpc) is 2.30. The Morgan fingerprint density at radius 3 is 2.13 bits per heavy atom. The van der Waals surface area contributed by atoms with Crippen molar-refractivity contribution in [3.63, 3.8) is 0 Å². The number of alkyl halides is 1. The van der Waals surface area contributed by atoms with Gasteiger partial charge < -0.3 is 0 Å². The van der Waals surface area contributed by atoms with Gasteiger partial charge in [-0.3, -0.25) is 0 Å². The van der Waals surface area contributed by atoms with Crippen molar-refractivity contribution in [2.45, 2.75) is 5.88 Å². The average molecular weight is 236 g/mol. The Balaban J connectivity index is 2.33. The summed E-state index contributed by atoms with van der Waals surface area (Å²) in [6, 6.07) is 16.8. The van der Waals surface area contributed by atoms with E-state index in [9.17, 15) is 0 Å². The molecule has 2 aromatic carbocycles. The van der Waals surface area contributed by atoms with E-state index in [1.54, 1.807) is 0 Å². The van der Waals surface area contributed by atoms with Crippen LogP contribution >= 0.6 is 23.2 Å². The van der Waals surface area contributed by atoms with Crippen LogP contribution in [0.5, 0.6) is 0 Å². The molecule has 75 valence electrons. The van der Waals surface area contributed by atoms with E-state index < -0.39 is 0 Å². The van der Waals surface area contributed by atoms with Gasteiger partial charge >= 0.3 is 0 Å². The van der Waals surface area contributed by atoms with Crippen molar-refractivity contribution in [3.05, 3.63) is 59.1 Å². The molecular weight excluding hydrogens is 227 g/mol. The van der Waals surface area contributed by atoms with Crippen LogP contribution in [0.2, 0.25) is 5.02 Å². The van der Waals surface area contributed by atoms with Crippen LogP contribution in [0, 0.1) is 6.07 Å². The van der Waals surface area contributed by atoms with Crippen LogP contribution in [-0.4, -0.2) is 0 Å². The molecule has 0 bridgehead atoms. The molecule has 0 saturated heterocycles. The predicted octanol–water partition coefficient (Wildman–Crippen LogP) is 4.55. The Hall–Kier alpha value is -0.980. The summed E-state index contributed by atoms with van der Waals surface area (Å²) in [6.45, 7) is 0. The fourth-order valence-corrected chi connectivity index (χ4v) is 1.67. The Kier molecular flexibility index (Phi) is 3.30. The van der Waals surface area contributed by atoms with Gasteiger partial charge in [-0.1, -0.05) is 41.9 Å². The lowest BCUT2D eigenvalue weighted by Crippen LogP contribution is -1.80. The van der Waals surface area contributed by atoms with E-state index in [0.717, 1.165) is 16.7 Å². The molecule has 2 heteroatoms. The molecule has 0 amide bonds. The second-order valence-electron chi connectivity index (χ2n) is 3.26. The highest BCUT2D eigenvalue weighted by Crippen LogP contribution is 2.21. The lowest BCUT2D eigenvalue weighted by molar-refractivity contribution is 1.40. The zero-order chi connectivity index (χ0) is 10.7. The number of rotatable bonds is 2. The van der Waals surface area contributed by atoms with Gasteiger partial charge in [-0.2, -0.15) is 0 Å². The molecule has 2 aromatic rings. The van der Waals surface area contributed by atoms with Gasteiger partial charge in [-0.25, -0.2) is 0 Å². The topological polar surface area (TPSA) is 0 Å². The van der Waals surface area contributed by atoms with Crippen molar-refractivity contribution >= 4 is 23.2 Å². The van der Waals surface area contributed by atoms with Gasteiger partial charge in [0, 0.05) is 17.0 Å². The minimum absolute atomic E-state index is 0.549. The summed E-state index contributed by atoms with van der Waals surface area (Å²) in [5.74, 6) is 0.549. The number of halogens is 2. The Bertz CT molecular complexity index is 429. The summed E-state index contributed by atoms with van der Waals surface area (Å²) in [5, 5.41) is 0.635. The summed E-state index contributed by atoms with van der Waals surface area (Å²) in [6.07, 6.45) is 0. The second-order valence-corrected chi connectivity index (χ2v) is 3.93.